The fraction of sp³-hybridized carbons (Fsp3) is 0.462. The highest BCUT2D eigenvalue weighted by molar-refractivity contribution is 9.10. The van der Waals surface area contributed by atoms with E-state index in [-0.39, 0.29) is 22.3 Å². The zero-order valence-corrected chi connectivity index (χ0v) is 11.3. The molecule has 0 amide bonds. The number of benzene rings is 1. The van der Waals surface area contributed by atoms with Crippen LogP contribution >= 0.6 is 15.9 Å². The van der Waals surface area contributed by atoms with Crippen LogP contribution in [0.3, 0.4) is 0 Å². The summed E-state index contributed by atoms with van der Waals surface area (Å²) in [5.41, 5.74) is 1.74. The van der Waals surface area contributed by atoms with E-state index < -0.39 is 0 Å². The average Bonchev–Trinajstić information content (AvgIpc) is 2.14. The molecule has 1 unspecified atom stereocenters. The van der Waals surface area contributed by atoms with Crippen LogP contribution in [0.5, 0.6) is 0 Å². The molecular formula is C13H16BrFO. The monoisotopic (exact) mass is 286 g/mol. The minimum Gasteiger partial charge on any atom is -0.298 e. The zero-order valence-electron chi connectivity index (χ0n) is 9.76. The molecule has 3 heteroatoms. The van der Waals surface area contributed by atoms with Crippen LogP contribution in [-0.4, -0.2) is 10.6 Å². The SMILES string of the molecule is Cc1cc(F)cc(CC(Br)C(=O)C(C)C)c1. The Balaban J connectivity index is 2.76. The van der Waals surface area contributed by atoms with Gasteiger partial charge in [-0.05, 0) is 36.6 Å². The van der Waals surface area contributed by atoms with Crippen LogP contribution in [0.2, 0.25) is 0 Å². The molecule has 1 atom stereocenters. The van der Waals surface area contributed by atoms with Gasteiger partial charge in [0.25, 0.3) is 0 Å². The highest BCUT2D eigenvalue weighted by atomic mass is 79.9. The number of rotatable bonds is 4. The minimum atomic E-state index is -0.244. The van der Waals surface area contributed by atoms with Gasteiger partial charge < -0.3 is 0 Å². The Labute approximate surface area is 104 Å². The molecule has 0 fully saturated rings. The molecule has 0 spiro atoms. The maximum atomic E-state index is 13.1. The fourth-order valence-electron chi connectivity index (χ4n) is 1.60. The van der Waals surface area contributed by atoms with Crippen molar-refractivity contribution in [1.82, 2.24) is 0 Å². The van der Waals surface area contributed by atoms with Gasteiger partial charge >= 0.3 is 0 Å². The lowest BCUT2D eigenvalue weighted by molar-refractivity contribution is -0.121. The first-order valence-electron chi connectivity index (χ1n) is 5.34. The van der Waals surface area contributed by atoms with Crippen LogP contribution in [0.4, 0.5) is 4.39 Å². The second-order valence-electron chi connectivity index (χ2n) is 4.37. The van der Waals surface area contributed by atoms with Crippen molar-refractivity contribution in [2.24, 2.45) is 5.92 Å². The summed E-state index contributed by atoms with van der Waals surface area (Å²) in [6.45, 7) is 5.58. The van der Waals surface area contributed by atoms with Crippen molar-refractivity contribution in [2.45, 2.75) is 32.0 Å². The number of ketones is 1. The van der Waals surface area contributed by atoms with Crippen molar-refractivity contribution < 1.29 is 9.18 Å². The first-order valence-corrected chi connectivity index (χ1v) is 6.25. The van der Waals surface area contributed by atoms with Gasteiger partial charge in [0.1, 0.15) is 11.6 Å². The molecule has 0 aliphatic rings. The van der Waals surface area contributed by atoms with E-state index in [9.17, 15) is 9.18 Å². The highest BCUT2D eigenvalue weighted by Gasteiger charge is 2.18. The van der Waals surface area contributed by atoms with Crippen LogP contribution in [0.1, 0.15) is 25.0 Å². The molecule has 1 aromatic carbocycles. The number of carbonyl (C=O) groups excluding carboxylic acids is 1. The van der Waals surface area contributed by atoms with Gasteiger partial charge in [-0.15, -0.1) is 0 Å². The third kappa shape index (κ3) is 3.71. The summed E-state index contributed by atoms with van der Waals surface area (Å²) in [6, 6.07) is 4.87. The number of aryl methyl sites for hydroxylation is 1. The summed E-state index contributed by atoms with van der Waals surface area (Å²) in [4.78, 5) is 11.4. The first-order chi connectivity index (χ1) is 7.40. The fourth-order valence-corrected chi connectivity index (χ4v) is 2.50. The van der Waals surface area contributed by atoms with E-state index >= 15 is 0 Å². The molecule has 1 rings (SSSR count). The van der Waals surface area contributed by atoms with Gasteiger partial charge in [-0.2, -0.15) is 0 Å². The van der Waals surface area contributed by atoms with E-state index in [1.54, 1.807) is 0 Å². The summed E-state index contributed by atoms with van der Waals surface area (Å²) < 4.78 is 13.1. The molecule has 0 saturated heterocycles. The number of hydrogen-bond donors (Lipinski definition) is 0. The number of alkyl halides is 1. The van der Waals surface area contributed by atoms with Crippen molar-refractivity contribution in [2.75, 3.05) is 0 Å². The Morgan fingerprint density at radius 3 is 2.50 bits per heavy atom. The molecule has 0 heterocycles. The first kappa shape index (κ1) is 13.4. The lowest BCUT2D eigenvalue weighted by Crippen LogP contribution is -2.21. The predicted octanol–water partition coefficient (Wildman–Crippen LogP) is 3.67. The maximum absolute atomic E-state index is 13.1. The van der Waals surface area contributed by atoms with Gasteiger partial charge in [-0.25, -0.2) is 4.39 Å². The van der Waals surface area contributed by atoms with E-state index in [1.165, 1.54) is 12.1 Å². The molecule has 1 nitrogen and oxygen atoms in total. The maximum Gasteiger partial charge on any atom is 0.149 e. The largest absolute Gasteiger partial charge is 0.298 e. The van der Waals surface area contributed by atoms with Crippen LogP contribution in [0.25, 0.3) is 0 Å². The molecule has 0 radical (unpaired) electrons. The molecular weight excluding hydrogens is 271 g/mol. The molecule has 0 aliphatic carbocycles. The number of hydrogen-bond acceptors (Lipinski definition) is 1. The Morgan fingerprint density at radius 2 is 2.00 bits per heavy atom. The van der Waals surface area contributed by atoms with Crippen LogP contribution < -0.4 is 0 Å². The number of Topliss-reactive ketones (excluding diaryl/α,β-unsaturated/α-hetero) is 1. The normalized spacial score (nSPS) is 12.9. The van der Waals surface area contributed by atoms with Crippen molar-refractivity contribution >= 4 is 21.7 Å². The topological polar surface area (TPSA) is 17.1 Å². The molecule has 88 valence electrons. The zero-order chi connectivity index (χ0) is 12.3. The van der Waals surface area contributed by atoms with Gasteiger partial charge in [0.2, 0.25) is 0 Å². The Bertz CT molecular complexity index is 367. The van der Waals surface area contributed by atoms with Gasteiger partial charge in [-0.1, -0.05) is 35.8 Å². The molecule has 1 aromatic rings. The number of carbonyl (C=O) groups is 1. The standard InChI is InChI=1S/C13H16BrFO/c1-8(2)13(16)12(14)7-10-4-9(3)5-11(15)6-10/h4-6,8,12H,7H2,1-3H3. The van der Waals surface area contributed by atoms with Gasteiger partial charge in [-0.3, -0.25) is 4.79 Å². The van der Waals surface area contributed by atoms with E-state index in [2.05, 4.69) is 15.9 Å². The second-order valence-corrected chi connectivity index (χ2v) is 5.47. The second kappa shape index (κ2) is 5.58. The molecule has 0 aromatic heterocycles. The van der Waals surface area contributed by atoms with Crippen LogP contribution in [0.15, 0.2) is 18.2 Å². The Kier molecular flexibility index (Phi) is 4.66. The van der Waals surface area contributed by atoms with E-state index in [0.29, 0.717) is 6.42 Å². The van der Waals surface area contributed by atoms with E-state index in [4.69, 9.17) is 0 Å². The van der Waals surface area contributed by atoms with Gasteiger partial charge in [0.15, 0.2) is 0 Å². The summed E-state index contributed by atoms with van der Waals surface area (Å²) in [6.07, 6.45) is 0.537. The Morgan fingerprint density at radius 1 is 1.38 bits per heavy atom. The number of halogens is 2. The highest BCUT2D eigenvalue weighted by Crippen LogP contribution is 2.17. The van der Waals surface area contributed by atoms with Crippen molar-refractivity contribution in [1.29, 1.82) is 0 Å². The summed E-state index contributed by atoms with van der Waals surface area (Å²) in [7, 11) is 0. The predicted molar refractivity (Wildman–Crippen MR) is 67.4 cm³/mol. The van der Waals surface area contributed by atoms with Crippen LogP contribution in [0, 0.1) is 18.7 Å². The van der Waals surface area contributed by atoms with Gasteiger partial charge in [0.05, 0.1) is 4.83 Å². The third-order valence-corrected chi connectivity index (χ3v) is 3.17. The van der Waals surface area contributed by atoms with Crippen molar-refractivity contribution in [3.8, 4) is 0 Å². The van der Waals surface area contributed by atoms with Crippen LogP contribution in [-0.2, 0) is 11.2 Å². The lowest BCUT2D eigenvalue weighted by Gasteiger charge is -2.12. The van der Waals surface area contributed by atoms with E-state index in [0.717, 1.165) is 11.1 Å². The molecule has 16 heavy (non-hydrogen) atoms. The molecule has 0 aliphatic heterocycles. The average molecular weight is 287 g/mol. The third-order valence-electron chi connectivity index (χ3n) is 2.39. The summed E-state index contributed by atoms with van der Waals surface area (Å²) in [5, 5.41) is 0. The molecule has 0 saturated carbocycles. The van der Waals surface area contributed by atoms with Crippen molar-refractivity contribution in [3.05, 3.63) is 35.1 Å². The molecule has 0 N–H and O–H groups in total. The molecule has 0 bridgehead atoms. The smallest absolute Gasteiger partial charge is 0.149 e. The minimum absolute atomic E-state index is 0.000897. The Hall–Kier alpha value is -0.700. The lowest BCUT2D eigenvalue weighted by atomic mass is 10.00. The van der Waals surface area contributed by atoms with Gasteiger partial charge in [0, 0.05) is 5.92 Å². The summed E-state index contributed by atoms with van der Waals surface area (Å²) in [5.74, 6) is -0.0901. The van der Waals surface area contributed by atoms with Crippen molar-refractivity contribution in [3.63, 3.8) is 0 Å². The quantitative estimate of drug-likeness (QED) is 0.772. The van der Waals surface area contributed by atoms with E-state index in [1.807, 2.05) is 26.8 Å². The summed E-state index contributed by atoms with van der Waals surface area (Å²) >= 11 is 3.36.